The molecule has 0 bridgehead atoms. The predicted octanol–water partition coefficient (Wildman–Crippen LogP) is 3.43. The topological polar surface area (TPSA) is 26.0 Å². The molecule has 0 N–H and O–H groups in total. The van der Waals surface area contributed by atoms with Crippen molar-refractivity contribution >= 4 is 11.0 Å². The van der Waals surface area contributed by atoms with Crippen LogP contribution in [0, 0.1) is 6.92 Å². The second kappa shape index (κ2) is 2.84. The van der Waals surface area contributed by atoms with Gasteiger partial charge in [-0.3, -0.25) is 0 Å². The highest BCUT2D eigenvalue weighted by molar-refractivity contribution is 5.82. The molecule has 0 aliphatic rings. The first kappa shape index (κ1) is 9.25. The van der Waals surface area contributed by atoms with Gasteiger partial charge in [0.2, 0.25) is 0 Å². The molecule has 0 saturated carbocycles. The summed E-state index contributed by atoms with van der Waals surface area (Å²) in [5.74, 6) is 0. The Balaban J connectivity index is 2.83. The van der Waals surface area contributed by atoms with E-state index in [1.165, 1.54) is 11.1 Å². The summed E-state index contributed by atoms with van der Waals surface area (Å²) in [5, 5.41) is 4.98. The van der Waals surface area contributed by atoms with E-state index in [1.807, 2.05) is 12.3 Å². The van der Waals surface area contributed by atoms with E-state index in [0.717, 1.165) is 11.0 Å². The summed E-state index contributed by atoms with van der Waals surface area (Å²) >= 11 is 0. The Labute approximate surface area is 83.9 Å². The van der Waals surface area contributed by atoms with Gasteiger partial charge in [-0.25, -0.2) is 0 Å². The molecule has 0 aliphatic carbocycles. The number of hydrogen-bond donors (Lipinski definition) is 0. The Morgan fingerprint density at radius 3 is 2.57 bits per heavy atom. The van der Waals surface area contributed by atoms with Crippen molar-refractivity contribution in [2.45, 2.75) is 33.1 Å². The molecule has 1 heterocycles. The van der Waals surface area contributed by atoms with Crippen molar-refractivity contribution in [2.75, 3.05) is 0 Å². The highest BCUT2D eigenvalue weighted by Gasteiger charge is 2.20. The minimum Gasteiger partial charge on any atom is -0.356 e. The van der Waals surface area contributed by atoms with Gasteiger partial charge in [0.25, 0.3) is 0 Å². The summed E-state index contributed by atoms with van der Waals surface area (Å²) < 4.78 is 5.16. The minimum absolute atomic E-state index is 0.134. The lowest BCUT2D eigenvalue weighted by Gasteiger charge is -2.22. The van der Waals surface area contributed by atoms with Crippen LogP contribution in [0.4, 0.5) is 0 Å². The largest absolute Gasteiger partial charge is 0.356 e. The summed E-state index contributed by atoms with van der Waals surface area (Å²) in [6.45, 7) is 8.76. The van der Waals surface area contributed by atoms with E-state index in [2.05, 4.69) is 38.9 Å². The quantitative estimate of drug-likeness (QED) is 0.634. The van der Waals surface area contributed by atoms with E-state index in [4.69, 9.17) is 4.52 Å². The van der Waals surface area contributed by atoms with Gasteiger partial charge >= 0.3 is 0 Å². The van der Waals surface area contributed by atoms with Crippen molar-refractivity contribution in [3.63, 3.8) is 0 Å². The lowest BCUT2D eigenvalue weighted by atomic mass is 9.82. The Kier molecular flexibility index (Phi) is 1.88. The molecule has 1 aromatic heterocycles. The van der Waals surface area contributed by atoms with E-state index < -0.39 is 0 Å². The third kappa shape index (κ3) is 1.31. The van der Waals surface area contributed by atoms with Crippen molar-refractivity contribution in [2.24, 2.45) is 0 Å². The third-order valence-electron chi connectivity index (χ3n) is 2.50. The molecule has 0 spiro atoms. The molecule has 2 heteroatoms. The SMILES string of the molecule is Cc1ccc2oncc2c1C(C)(C)C. The van der Waals surface area contributed by atoms with E-state index >= 15 is 0 Å². The number of aryl methyl sites for hydroxylation is 1. The third-order valence-corrected chi connectivity index (χ3v) is 2.50. The number of aromatic nitrogens is 1. The van der Waals surface area contributed by atoms with Gasteiger partial charge in [0, 0.05) is 5.39 Å². The van der Waals surface area contributed by atoms with Crippen LogP contribution >= 0.6 is 0 Å². The van der Waals surface area contributed by atoms with Crippen LogP contribution in [0.15, 0.2) is 22.9 Å². The highest BCUT2D eigenvalue weighted by Crippen LogP contribution is 2.32. The lowest BCUT2D eigenvalue weighted by molar-refractivity contribution is 0.456. The fraction of sp³-hybridized carbons (Fsp3) is 0.417. The summed E-state index contributed by atoms with van der Waals surface area (Å²) in [4.78, 5) is 0. The van der Waals surface area contributed by atoms with Crippen LogP contribution in [-0.2, 0) is 5.41 Å². The first-order valence-electron chi connectivity index (χ1n) is 4.84. The van der Waals surface area contributed by atoms with Crippen molar-refractivity contribution in [1.82, 2.24) is 5.16 Å². The maximum atomic E-state index is 5.16. The fourth-order valence-corrected chi connectivity index (χ4v) is 2.05. The lowest BCUT2D eigenvalue weighted by Crippen LogP contribution is -2.13. The van der Waals surface area contributed by atoms with E-state index in [0.29, 0.717) is 0 Å². The fourth-order valence-electron chi connectivity index (χ4n) is 2.05. The van der Waals surface area contributed by atoms with Crippen molar-refractivity contribution in [3.05, 3.63) is 29.5 Å². The van der Waals surface area contributed by atoms with Gasteiger partial charge in [0.15, 0.2) is 5.58 Å². The van der Waals surface area contributed by atoms with E-state index in [1.54, 1.807) is 0 Å². The molecule has 0 amide bonds. The van der Waals surface area contributed by atoms with Gasteiger partial charge in [0.1, 0.15) is 0 Å². The Hall–Kier alpha value is -1.31. The van der Waals surface area contributed by atoms with Crippen molar-refractivity contribution < 1.29 is 4.52 Å². The zero-order valence-electron chi connectivity index (χ0n) is 9.09. The second-order valence-electron chi connectivity index (χ2n) is 4.75. The smallest absolute Gasteiger partial charge is 0.167 e. The number of benzene rings is 1. The van der Waals surface area contributed by atoms with Crippen molar-refractivity contribution in [1.29, 1.82) is 0 Å². The Morgan fingerprint density at radius 2 is 1.93 bits per heavy atom. The maximum absolute atomic E-state index is 5.16. The zero-order chi connectivity index (χ0) is 10.3. The maximum Gasteiger partial charge on any atom is 0.167 e. The molecule has 0 aliphatic heterocycles. The molecule has 0 unspecified atom stereocenters. The van der Waals surface area contributed by atoms with Gasteiger partial charge < -0.3 is 4.52 Å². The average Bonchev–Trinajstić information content (AvgIpc) is 2.48. The van der Waals surface area contributed by atoms with Gasteiger partial charge in [0.05, 0.1) is 6.20 Å². The molecule has 1 aromatic carbocycles. The van der Waals surface area contributed by atoms with Crippen LogP contribution < -0.4 is 0 Å². The predicted molar refractivity (Wildman–Crippen MR) is 57.4 cm³/mol. The molecule has 0 saturated heterocycles. The van der Waals surface area contributed by atoms with E-state index in [-0.39, 0.29) is 5.41 Å². The van der Waals surface area contributed by atoms with Crippen LogP contribution in [0.2, 0.25) is 0 Å². The Bertz CT molecular complexity index is 463. The molecule has 2 rings (SSSR count). The normalized spacial score (nSPS) is 12.3. The number of rotatable bonds is 0. The minimum atomic E-state index is 0.134. The molecule has 2 nitrogen and oxygen atoms in total. The van der Waals surface area contributed by atoms with Crippen LogP contribution in [0.1, 0.15) is 31.9 Å². The van der Waals surface area contributed by atoms with Gasteiger partial charge in [-0.1, -0.05) is 32.0 Å². The first-order valence-corrected chi connectivity index (χ1v) is 4.84. The molecule has 14 heavy (non-hydrogen) atoms. The molecule has 74 valence electrons. The molecule has 0 radical (unpaired) electrons. The van der Waals surface area contributed by atoms with Gasteiger partial charge in [-0.15, -0.1) is 0 Å². The van der Waals surface area contributed by atoms with Crippen LogP contribution in [0.3, 0.4) is 0 Å². The molecular weight excluding hydrogens is 174 g/mol. The zero-order valence-corrected chi connectivity index (χ0v) is 9.09. The number of hydrogen-bond acceptors (Lipinski definition) is 2. The van der Waals surface area contributed by atoms with Crippen LogP contribution in [0.25, 0.3) is 11.0 Å². The standard InChI is InChI=1S/C12H15NO/c1-8-5-6-10-9(7-13-14-10)11(8)12(2,3)4/h5-7H,1-4H3. The van der Waals surface area contributed by atoms with Gasteiger partial charge in [-0.05, 0) is 29.5 Å². The number of fused-ring (bicyclic) bond motifs is 1. The van der Waals surface area contributed by atoms with Crippen LogP contribution in [-0.4, -0.2) is 5.16 Å². The molecule has 0 fully saturated rings. The second-order valence-corrected chi connectivity index (χ2v) is 4.75. The average molecular weight is 189 g/mol. The molecule has 2 aromatic rings. The summed E-state index contributed by atoms with van der Waals surface area (Å²) in [7, 11) is 0. The molecular formula is C12H15NO. The summed E-state index contributed by atoms with van der Waals surface area (Å²) in [6.07, 6.45) is 1.81. The Morgan fingerprint density at radius 1 is 1.21 bits per heavy atom. The summed E-state index contributed by atoms with van der Waals surface area (Å²) in [6, 6.07) is 4.07. The van der Waals surface area contributed by atoms with Crippen molar-refractivity contribution in [3.8, 4) is 0 Å². The monoisotopic (exact) mass is 189 g/mol. The van der Waals surface area contributed by atoms with E-state index in [9.17, 15) is 0 Å². The first-order chi connectivity index (χ1) is 6.50. The van der Waals surface area contributed by atoms with Crippen LogP contribution in [0.5, 0.6) is 0 Å². The molecule has 0 atom stereocenters. The highest BCUT2D eigenvalue weighted by atomic mass is 16.5. The summed E-state index contributed by atoms with van der Waals surface area (Å²) in [5.41, 5.74) is 3.64. The van der Waals surface area contributed by atoms with Gasteiger partial charge in [-0.2, -0.15) is 0 Å². The number of nitrogens with zero attached hydrogens (tertiary/aromatic N) is 1.